The van der Waals surface area contributed by atoms with Crippen LogP contribution in [-0.2, 0) is 11.3 Å². The summed E-state index contributed by atoms with van der Waals surface area (Å²) >= 11 is 5.98. The van der Waals surface area contributed by atoms with Gasteiger partial charge in [-0.05, 0) is 12.1 Å². The van der Waals surface area contributed by atoms with Crippen LogP contribution in [0.15, 0.2) is 24.3 Å². The molecule has 0 fully saturated rings. The van der Waals surface area contributed by atoms with Crippen LogP contribution in [0.3, 0.4) is 0 Å². The van der Waals surface area contributed by atoms with Gasteiger partial charge in [0.05, 0.1) is 0 Å². The Kier molecular flexibility index (Phi) is 4.08. The fourth-order valence-electron chi connectivity index (χ4n) is 1.99. The Hall–Kier alpha value is -2.05. The summed E-state index contributed by atoms with van der Waals surface area (Å²) in [5.41, 5.74) is 0.831. The maximum Gasteiger partial charge on any atom is 0.163 e. The molecule has 2 aromatic rings. The molecule has 0 saturated carbocycles. The summed E-state index contributed by atoms with van der Waals surface area (Å²) in [5, 5.41) is 3.53. The lowest BCUT2D eigenvalue weighted by Crippen LogP contribution is -2.15. The van der Waals surface area contributed by atoms with Gasteiger partial charge in [-0.3, -0.25) is 0 Å². The van der Waals surface area contributed by atoms with Crippen molar-refractivity contribution in [1.82, 2.24) is 9.97 Å². The molecular weight excluding hydrogens is 294 g/mol. The van der Waals surface area contributed by atoms with Gasteiger partial charge in [-0.25, -0.2) is 9.97 Å². The van der Waals surface area contributed by atoms with Crippen molar-refractivity contribution in [3.8, 4) is 11.5 Å². The van der Waals surface area contributed by atoms with Crippen LogP contribution in [0, 0.1) is 0 Å². The normalized spacial score (nSPS) is 13.0. The SMILES string of the molecule is COCc1nc(Cl)cc(Nc2ccc3c(c2)OCCO3)n1. The first-order valence-corrected chi connectivity index (χ1v) is 6.81. The topological polar surface area (TPSA) is 65.5 Å². The summed E-state index contributed by atoms with van der Waals surface area (Å²) < 4.78 is 16.0. The molecule has 21 heavy (non-hydrogen) atoms. The molecule has 110 valence electrons. The number of nitrogens with zero attached hydrogens (tertiary/aromatic N) is 2. The second kappa shape index (κ2) is 6.15. The molecule has 0 aliphatic carbocycles. The Morgan fingerprint density at radius 1 is 1.19 bits per heavy atom. The minimum Gasteiger partial charge on any atom is -0.486 e. The molecule has 0 bridgehead atoms. The highest BCUT2D eigenvalue weighted by Crippen LogP contribution is 2.33. The van der Waals surface area contributed by atoms with Crippen molar-refractivity contribution < 1.29 is 14.2 Å². The second-order valence-corrected chi connectivity index (χ2v) is 4.80. The standard InChI is InChI=1S/C14H14ClN3O3/c1-19-8-14-17-12(15)7-13(18-14)16-9-2-3-10-11(6-9)21-5-4-20-10/h2-3,6-7H,4-5,8H2,1H3,(H,16,17,18). The Morgan fingerprint density at radius 3 is 2.81 bits per heavy atom. The monoisotopic (exact) mass is 307 g/mol. The molecule has 0 unspecified atom stereocenters. The van der Waals surface area contributed by atoms with Crippen LogP contribution >= 0.6 is 11.6 Å². The number of halogens is 1. The van der Waals surface area contributed by atoms with Gasteiger partial charge < -0.3 is 19.5 Å². The first kappa shape index (κ1) is 13.9. The van der Waals surface area contributed by atoms with Gasteiger partial charge in [-0.2, -0.15) is 0 Å². The average Bonchev–Trinajstić information content (AvgIpc) is 2.47. The van der Waals surface area contributed by atoms with E-state index in [9.17, 15) is 0 Å². The third kappa shape index (κ3) is 3.34. The molecule has 0 atom stereocenters. The van der Waals surface area contributed by atoms with E-state index in [2.05, 4.69) is 15.3 Å². The molecule has 1 aliphatic heterocycles. The van der Waals surface area contributed by atoms with E-state index >= 15 is 0 Å². The molecule has 1 aromatic heterocycles. The van der Waals surface area contributed by atoms with Crippen molar-refractivity contribution in [2.24, 2.45) is 0 Å². The molecule has 0 amide bonds. The first-order chi connectivity index (χ1) is 10.2. The van der Waals surface area contributed by atoms with Crippen molar-refractivity contribution in [2.75, 3.05) is 25.6 Å². The lowest BCUT2D eigenvalue weighted by Gasteiger charge is -2.19. The summed E-state index contributed by atoms with van der Waals surface area (Å²) in [7, 11) is 1.58. The summed E-state index contributed by atoms with van der Waals surface area (Å²) in [6, 6.07) is 7.26. The number of anilines is 2. The maximum atomic E-state index is 5.98. The van der Waals surface area contributed by atoms with Crippen LogP contribution in [0.1, 0.15) is 5.82 Å². The minimum atomic E-state index is 0.302. The van der Waals surface area contributed by atoms with Gasteiger partial charge in [0, 0.05) is 24.9 Å². The van der Waals surface area contributed by atoms with Crippen LogP contribution in [0.5, 0.6) is 11.5 Å². The van der Waals surface area contributed by atoms with Gasteiger partial charge in [0.25, 0.3) is 0 Å². The number of methoxy groups -OCH3 is 1. The van der Waals surface area contributed by atoms with E-state index in [0.29, 0.717) is 42.4 Å². The molecule has 1 N–H and O–H groups in total. The summed E-state index contributed by atoms with van der Waals surface area (Å²) in [4.78, 5) is 8.41. The van der Waals surface area contributed by atoms with Crippen LogP contribution in [0.4, 0.5) is 11.5 Å². The predicted molar refractivity (Wildman–Crippen MR) is 78.5 cm³/mol. The third-order valence-corrected chi connectivity index (χ3v) is 3.02. The van der Waals surface area contributed by atoms with E-state index in [1.165, 1.54) is 0 Å². The number of aromatic nitrogens is 2. The molecule has 7 heteroatoms. The summed E-state index contributed by atoms with van der Waals surface area (Å²) in [5.74, 6) is 2.57. The number of nitrogens with one attached hydrogen (secondary N) is 1. The maximum absolute atomic E-state index is 5.98. The highest BCUT2D eigenvalue weighted by atomic mass is 35.5. The quantitative estimate of drug-likeness (QED) is 0.876. The van der Waals surface area contributed by atoms with Crippen molar-refractivity contribution >= 4 is 23.1 Å². The molecule has 0 radical (unpaired) electrons. The Bertz CT molecular complexity index is 651. The van der Waals surface area contributed by atoms with E-state index in [0.717, 1.165) is 11.4 Å². The smallest absolute Gasteiger partial charge is 0.163 e. The van der Waals surface area contributed by atoms with Crippen LogP contribution in [-0.4, -0.2) is 30.3 Å². The second-order valence-electron chi connectivity index (χ2n) is 4.41. The van der Waals surface area contributed by atoms with Gasteiger partial charge in [0.1, 0.15) is 30.8 Å². The van der Waals surface area contributed by atoms with Gasteiger partial charge >= 0.3 is 0 Å². The number of rotatable bonds is 4. The molecule has 3 rings (SSSR count). The van der Waals surface area contributed by atoms with E-state index < -0.39 is 0 Å². The zero-order valence-electron chi connectivity index (χ0n) is 11.4. The fraction of sp³-hybridized carbons (Fsp3) is 0.286. The average molecular weight is 308 g/mol. The molecular formula is C14H14ClN3O3. The zero-order chi connectivity index (χ0) is 14.7. The van der Waals surface area contributed by atoms with Crippen molar-refractivity contribution in [1.29, 1.82) is 0 Å². The Morgan fingerprint density at radius 2 is 2.00 bits per heavy atom. The van der Waals surface area contributed by atoms with E-state index in [1.807, 2.05) is 18.2 Å². The molecule has 6 nitrogen and oxygen atoms in total. The molecule has 0 saturated heterocycles. The van der Waals surface area contributed by atoms with E-state index in [-0.39, 0.29) is 0 Å². The van der Waals surface area contributed by atoms with Crippen molar-refractivity contribution in [3.63, 3.8) is 0 Å². The molecule has 1 aliphatic rings. The largest absolute Gasteiger partial charge is 0.486 e. The fourth-order valence-corrected chi connectivity index (χ4v) is 2.19. The Balaban J connectivity index is 1.83. The summed E-state index contributed by atoms with van der Waals surface area (Å²) in [6.07, 6.45) is 0. The summed E-state index contributed by atoms with van der Waals surface area (Å²) in [6.45, 7) is 1.42. The number of hydrogen-bond acceptors (Lipinski definition) is 6. The molecule has 0 spiro atoms. The predicted octanol–water partition coefficient (Wildman–Crippen LogP) is 2.79. The van der Waals surface area contributed by atoms with E-state index in [4.69, 9.17) is 25.8 Å². The number of ether oxygens (including phenoxy) is 3. The van der Waals surface area contributed by atoms with Gasteiger partial charge in [0.2, 0.25) is 0 Å². The zero-order valence-corrected chi connectivity index (χ0v) is 12.2. The van der Waals surface area contributed by atoms with Crippen LogP contribution in [0.25, 0.3) is 0 Å². The lowest BCUT2D eigenvalue weighted by atomic mass is 10.2. The van der Waals surface area contributed by atoms with Gasteiger partial charge in [-0.1, -0.05) is 11.6 Å². The van der Waals surface area contributed by atoms with Gasteiger partial charge in [0.15, 0.2) is 17.3 Å². The number of benzene rings is 1. The number of hydrogen-bond donors (Lipinski definition) is 1. The molecule has 1 aromatic carbocycles. The van der Waals surface area contributed by atoms with Gasteiger partial charge in [-0.15, -0.1) is 0 Å². The minimum absolute atomic E-state index is 0.302. The lowest BCUT2D eigenvalue weighted by molar-refractivity contribution is 0.171. The first-order valence-electron chi connectivity index (χ1n) is 6.43. The molecule has 2 heterocycles. The van der Waals surface area contributed by atoms with E-state index in [1.54, 1.807) is 13.2 Å². The van der Waals surface area contributed by atoms with Crippen molar-refractivity contribution in [3.05, 3.63) is 35.2 Å². The van der Waals surface area contributed by atoms with Crippen LogP contribution < -0.4 is 14.8 Å². The van der Waals surface area contributed by atoms with Crippen molar-refractivity contribution in [2.45, 2.75) is 6.61 Å². The third-order valence-electron chi connectivity index (χ3n) is 2.83. The highest BCUT2D eigenvalue weighted by Gasteiger charge is 2.12. The Labute approximate surface area is 127 Å². The highest BCUT2D eigenvalue weighted by molar-refractivity contribution is 6.29. The van der Waals surface area contributed by atoms with Crippen LogP contribution in [0.2, 0.25) is 5.15 Å². The number of fused-ring (bicyclic) bond motifs is 1.